The highest BCUT2D eigenvalue weighted by molar-refractivity contribution is 9.09. The first kappa shape index (κ1) is 15.6. The van der Waals surface area contributed by atoms with Crippen LogP contribution in [0.1, 0.15) is 29.8 Å². The number of amides is 1. The number of nitrogens with one attached hydrogen (secondary N) is 1. The van der Waals surface area contributed by atoms with Crippen LogP contribution in [-0.2, 0) is 0 Å². The summed E-state index contributed by atoms with van der Waals surface area (Å²) in [4.78, 5) is 22.4. The number of non-ortho nitro benzene ring substituents is 1. The molecule has 0 radical (unpaired) electrons. The molecule has 19 heavy (non-hydrogen) atoms. The van der Waals surface area contributed by atoms with Gasteiger partial charge in [-0.3, -0.25) is 14.9 Å². The SMILES string of the molecule is Cc1ccc([N+](=O)[O-])cc1C(=O)NC(CBr)C(C)C. The van der Waals surface area contributed by atoms with E-state index in [4.69, 9.17) is 0 Å². The van der Waals surface area contributed by atoms with Crippen molar-refractivity contribution in [1.82, 2.24) is 5.32 Å². The minimum Gasteiger partial charge on any atom is -0.348 e. The van der Waals surface area contributed by atoms with Gasteiger partial charge in [-0.05, 0) is 18.4 Å². The predicted octanol–water partition coefficient (Wildman–Crippen LogP) is 3.05. The summed E-state index contributed by atoms with van der Waals surface area (Å²) in [5.41, 5.74) is 0.997. The van der Waals surface area contributed by atoms with E-state index in [2.05, 4.69) is 21.2 Å². The average molecular weight is 329 g/mol. The minimum atomic E-state index is -0.499. The van der Waals surface area contributed by atoms with Gasteiger partial charge in [0.15, 0.2) is 0 Å². The van der Waals surface area contributed by atoms with Crippen LogP contribution < -0.4 is 5.32 Å². The maximum absolute atomic E-state index is 12.2. The van der Waals surface area contributed by atoms with E-state index in [1.165, 1.54) is 12.1 Å². The standard InChI is InChI=1S/C13H17BrN2O3/c1-8(2)12(7-14)15-13(17)11-6-10(16(18)19)5-4-9(11)3/h4-6,8,12H,7H2,1-3H3,(H,15,17). The number of alkyl halides is 1. The molecule has 0 saturated heterocycles. The number of aryl methyl sites for hydroxylation is 1. The number of halogens is 1. The van der Waals surface area contributed by atoms with Crippen molar-refractivity contribution in [2.24, 2.45) is 5.92 Å². The highest BCUT2D eigenvalue weighted by Gasteiger charge is 2.19. The molecule has 104 valence electrons. The predicted molar refractivity (Wildman–Crippen MR) is 77.7 cm³/mol. The average Bonchev–Trinajstić information content (AvgIpc) is 2.35. The van der Waals surface area contributed by atoms with Crippen LogP contribution in [0.5, 0.6) is 0 Å². The molecule has 1 aromatic rings. The minimum absolute atomic E-state index is 0.00818. The number of nitrogens with zero attached hydrogens (tertiary/aromatic N) is 1. The van der Waals surface area contributed by atoms with Crippen molar-refractivity contribution in [2.75, 3.05) is 5.33 Å². The van der Waals surface area contributed by atoms with E-state index in [1.54, 1.807) is 13.0 Å². The van der Waals surface area contributed by atoms with Crippen LogP contribution in [0.4, 0.5) is 5.69 Å². The van der Waals surface area contributed by atoms with Gasteiger partial charge in [0.1, 0.15) is 0 Å². The molecular weight excluding hydrogens is 312 g/mol. The van der Waals surface area contributed by atoms with Crippen molar-refractivity contribution in [3.05, 3.63) is 39.4 Å². The van der Waals surface area contributed by atoms with E-state index in [-0.39, 0.29) is 23.6 Å². The van der Waals surface area contributed by atoms with Crippen LogP contribution in [0.3, 0.4) is 0 Å². The molecule has 1 atom stereocenters. The van der Waals surface area contributed by atoms with E-state index < -0.39 is 4.92 Å². The van der Waals surface area contributed by atoms with Crippen LogP contribution in [-0.4, -0.2) is 22.2 Å². The van der Waals surface area contributed by atoms with Crippen molar-refractivity contribution in [2.45, 2.75) is 26.8 Å². The molecule has 1 aromatic carbocycles. The number of rotatable bonds is 5. The van der Waals surface area contributed by atoms with Gasteiger partial charge in [-0.2, -0.15) is 0 Å². The first-order chi connectivity index (χ1) is 8.86. The number of hydrogen-bond acceptors (Lipinski definition) is 3. The molecular formula is C13H17BrN2O3. The Morgan fingerprint density at radius 3 is 2.58 bits per heavy atom. The molecule has 1 rings (SSSR count). The van der Waals surface area contributed by atoms with Gasteiger partial charge < -0.3 is 5.32 Å². The highest BCUT2D eigenvalue weighted by atomic mass is 79.9. The van der Waals surface area contributed by atoms with Crippen LogP contribution in [0.15, 0.2) is 18.2 Å². The topological polar surface area (TPSA) is 72.2 Å². The number of benzene rings is 1. The van der Waals surface area contributed by atoms with Gasteiger partial charge in [-0.15, -0.1) is 0 Å². The number of nitro groups is 1. The Morgan fingerprint density at radius 1 is 1.47 bits per heavy atom. The zero-order valence-corrected chi connectivity index (χ0v) is 12.7. The monoisotopic (exact) mass is 328 g/mol. The van der Waals surface area contributed by atoms with E-state index in [9.17, 15) is 14.9 Å². The third kappa shape index (κ3) is 4.02. The summed E-state index contributed by atoms with van der Waals surface area (Å²) in [6.45, 7) is 5.77. The van der Waals surface area contributed by atoms with Crippen LogP contribution >= 0.6 is 15.9 Å². The Kier molecular flexibility index (Phi) is 5.47. The van der Waals surface area contributed by atoms with Gasteiger partial charge in [-0.25, -0.2) is 0 Å². The molecule has 0 aliphatic heterocycles. The van der Waals surface area contributed by atoms with Crippen molar-refractivity contribution >= 4 is 27.5 Å². The van der Waals surface area contributed by atoms with Gasteiger partial charge in [0, 0.05) is 29.1 Å². The van der Waals surface area contributed by atoms with Crippen molar-refractivity contribution in [1.29, 1.82) is 0 Å². The second-order valence-corrected chi connectivity index (χ2v) is 5.38. The summed E-state index contributed by atoms with van der Waals surface area (Å²) >= 11 is 3.35. The van der Waals surface area contributed by atoms with E-state index in [0.717, 1.165) is 5.56 Å². The van der Waals surface area contributed by atoms with Gasteiger partial charge in [0.25, 0.3) is 11.6 Å². The fourth-order valence-electron chi connectivity index (χ4n) is 1.60. The molecule has 6 heteroatoms. The lowest BCUT2D eigenvalue weighted by atomic mass is 10.0. The lowest BCUT2D eigenvalue weighted by Crippen LogP contribution is -2.40. The van der Waals surface area contributed by atoms with Gasteiger partial charge in [0.2, 0.25) is 0 Å². The molecule has 0 aromatic heterocycles. The third-order valence-corrected chi connectivity index (χ3v) is 3.66. The zero-order valence-electron chi connectivity index (χ0n) is 11.1. The van der Waals surface area contributed by atoms with E-state index in [0.29, 0.717) is 10.9 Å². The number of carbonyl (C=O) groups excluding carboxylic acids is 1. The maximum atomic E-state index is 12.2. The lowest BCUT2D eigenvalue weighted by Gasteiger charge is -2.20. The molecule has 0 bridgehead atoms. The van der Waals surface area contributed by atoms with Crippen LogP contribution in [0, 0.1) is 23.0 Å². The van der Waals surface area contributed by atoms with Gasteiger partial charge in [0.05, 0.1) is 4.92 Å². The smallest absolute Gasteiger partial charge is 0.270 e. The molecule has 0 saturated carbocycles. The summed E-state index contributed by atoms with van der Waals surface area (Å²) in [5.74, 6) is 0.00155. The molecule has 0 fully saturated rings. The van der Waals surface area contributed by atoms with Crippen LogP contribution in [0.2, 0.25) is 0 Å². The van der Waals surface area contributed by atoms with Crippen molar-refractivity contribution in [3.8, 4) is 0 Å². The normalized spacial score (nSPS) is 12.3. The summed E-state index contributed by atoms with van der Waals surface area (Å²) in [6.07, 6.45) is 0. The molecule has 5 nitrogen and oxygen atoms in total. The van der Waals surface area contributed by atoms with E-state index in [1.807, 2.05) is 13.8 Å². The molecule has 0 aliphatic carbocycles. The van der Waals surface area contributed by atoms with Gasteiger partial charge in [-0.1, -0.05) is 35.8 Å². The largest absolute Gasteiger partial charge is 0.348 e. The number of nitro benzene ring substituents is 1. The number of hydrogen-bond donors (Lipinski definition) is 1. The maximum Gasteiger partial charge on any atom is 0.270 e. The summed E-state index contributed by atoms with van der Waals surface area (Å²) in [7, 11) is 0. The molecule has 0 heterocycles. The highest BCUT2D eigenvalue weighted by Crippen LogP contribution is 2.18. The lowest BCUT2D eigenvalue weighted by molar-refractivity contribution is -0.384. The fourth-order valence-corrected chi connectivity index (χ4v) is 2.51. The quantitative estimate of drug-likeness (QED) is 0.513. The first-order valence-electron chi connectivity index (χ1n) is 5.98. The summed E-state index contributed by atoms with van der Waals surface area (Å²) in [5, 5.41) is 14.3. The van der Waals surface area contributed by atoms with Gasteiger partial charge >= 0.3 is 0 Å². The zero-order chi connectivity index (χ0) is 14.6. The molecule has 1 N–H and O–H groups in total. The Morgan fingerprint density at radius 2 is 2.11 bits per heavy atom. The Hall–Kier alpha value is -1.43. The molecule has 0 spiro atoms. The number of carbonyl (C=O) groups is 1. The Balaban J connectivity index is 2.99. The van der Waals surface area contributed by atoms with Crippen LogP contribution in [0.25, 0.3) is 0 Å². The Labute approximate surface area is 120 Å². The van der Waals surface area contributed by atoms with Crippen molar-refractivity contribution in [3.63, 3.8) is 0 Å². The molecule has 0 aliphatic rings. The first-order valence-corrected chi connectivity index (χ1v) is 7.10. The summed E-state index contributed by atoms with van der Waals surface area (Å²) < 4.78 is 0. The van der Waals surface area contributed by atoms with E-state index >= 15 is 0 Å². The molecule has 1 unspecified atom stereocenters. The summed E-state index contributed by atoms with van der Waals surface area (Å²) in [6, 6.07) is 4.30. The Bertz CT molecular complexity index is 489. The second-order valence-electron chi connectivity index (χ2n) is 4.73. The van der Waals surface area contributed by atoms with Crippen molar-refractivity contribution < 1.29 is 9.72 Å². The molecule has 1 amide bonds. The fraction of sp³-hybridized carbons (Fsp3) is 0.462. The second kappa shape index (κ2) is 6.65. The third-order valence-electron chi connectivity index (χ3n) is 2.96.